The number of anilines is 1. The molecule has 3 heteroatoms. The average molecular weight is 246 g/mol. The summed E-state index contributed by atoms with van der Waals surface area (Å²) in [5, 5.41) is 0. The Kier molecular flexibility index (Phi) is 4.37. The minimum absolute atomic E-state index is 0.126. The van der Waals surface area contributed by atoms with Crippen LogP contribution in [-0.4, -0.2) is 25.4 Å². The van der Waals surface area contributed by atoms with Crippen molar-refractivity contribution in [3.8, 4) is 0 Å². The van der Waals surface area contributed by atoms with Gasteiger partial charge in [-0.3, -0.25) is 4.79 Å². The maximum Gasteiger partial charge on any atom is 0.159 e. The van der Waals surface area contributed by atoms with Gasteiger partial charge in [0.1, 0.15) is 0 Å². The summed E-state index contributed by atoms with van der Waals surface area (Å²) in [4.78, 5) is 13.7. The number of benzene rings is 1. The minimum Gasteiger partial charge on any atom is -0.371 e. The summed E-state index contributed by atoms with van der Waals surface area (Å²) in [5.41, 5.74) is 7.65. The Morgan fingerprint density at radius 1 is 1.39 bits per heavy atom. The van der Waals surface area contributed by atoms with Crippen molar-refractivity contribution in [2.75, 3.05) is 24.5 Å². The normalized spacial score (nSPS) is 19.9. The van der Waals surface area contributed by atoms with E-state index in [1.165, 1.54) is 18.5 Å². The fourth-order valence-corrected chi connectivity index (χ4v) is 2.68. The first-order chi connectivity index (χ1) is 8.70. The minimum atomic E-state index is 0.126. The molecule has 0 spiro atoms. The van der Waals surface area contributed by atoms with Gasteiger partial charge in [0.25, 0.3) is 0 Å². The molecule has 98 valence electrons. The fourth-order valence-electron chi connectivity index (χ4n) is 2.68. The molecule has 1 heterocycles. The molecule has 18 heavy (non-hydrogen) atoms. The summed E-state index contributed by atoms with van der Waals surface area (Å²) in [6.45, 7) is 4.59. The third-order valence-corrected chi connectivity index (χ3v) is 3.73. The number of Topliss-reactive ketones (excluding diaryl/α,β-unsaturated/α-hetero) is 1. The summed E-state index contributed by atoms with van der Waals surface area (Å²) in [7, 11) is 0. The number of nitrogens with zero attached hydrogens (tertiary/aromatic N) is 1. The molecule has 1 fully saturated rings. The Morgan fingerprint density at radius 2 is 2.11 bits per heavy atom. The first kappa shape index (κ1) is 13.1. The Balaban J connectivity index is 2.04. The Bertz CT molecular complexity index is 397. The van der Waals surface area contributed by atoms with Gasteiger partial charge in [0.2, 0.25) is 0 Å². The zero-order chi connectivity index (χ0) is 13.0. The van der Waals surface area contributed by atoms with E-state index in [2.05, 4.69) is 17.0 Å². The number of carbonyl (C=O) groups is 1. The second-order valence-corrected chi connectivity index (χ2v) is 5.13. The lowest BCUT2D eigenvalue weighted by Crippen LogP contribution is -2.36. The van der Waals surface area contributed by atoms with Crippen molar-refractivity contribution >= 4 is 11.5 Å². The van der Waals surface area contributed by atoms with Crippen molar-refractivity contribution in [1.29, 1.82) is 0 Å². The lowest BCUT2D eigenvalue weighted by molar-refractivity contribution is 0.101. The smallest absolute Gasteiger partial charge is 0.159 e. The Hall–Kier alpha value is -1.35. The van der Waals surface area contributed by atoms with Crippen molar-refractivity contribution in [2.24, 2.45) is 11.7 Å². The molecule has 0 radical (unpaired) electrons. The van der Waals surface area contributed by atoms with Gasteiger partial charge in [-0.05, 0) is 62.9 Å². The number of nitrogens with two attached hydrogens (primary N) is 1. The largest absolute Gasteiger partial charge is 0.371 e. The van der Waals surface area contributed by atoms with Crippen LogP contribution in [0.5, 0.6) is 0 Å². The van der Waals surface area contributed by atoms with E-state index in [4.69, 9.17) is 5.73 Å². The molecule has 1 aliphatic rings. The van der Waals surface area contributed by atoms with Gasteiger partial charge in [-0.2, -0.15) is 0 Å². The quantitative estimate of drug-likeness (QED) is 0.830. The molecule has 1 aromatic carbocycles. The molecule has 3 nitrogen and oxygen atoms in total. The molecule has 0 aromatic heterocycles. The van der Waals surface area contributed by atoms with E-state index in [1.54, 1.807) is 6.92 Å². The van der Waals surface area contributed by atoms with Gasteiger partial charge in [-0.25, -0.2) is 0 Å². The fraction of sp³-hybridized carbons (Fsp3) is 0.533. The maximum absolute atomic E-state index is 11.2. The van der Waals surface area contributed by atoms with Gasteiger partial charge in [0.15, 0.2) is 5.78 Å². The third-order valence-electron chi connectivity index (χ3n) is 3.73. The molecule has 1 aromatic rings. The highest BCUT2D eigenvalue weighted by Gasteiger charge is 2.19. The summed E-state index contributed by atoms with van der Waals surface area (Å²) in [6.07, 6.45) is 3.64. The van der Waals surface area contributed by atoms with Gasteiger partial charge in [-0.15, -0.1) is 0 Å². The van der Waals surface area contributed by atoms with Crippen LogP contribution in [0, 0.1) is 5.92 Å². The molecule has 1 unspecified atom stereocenters. The van der Waals surface area contributed by atoms with Crippen molar-refractivity contribution in [1.82, 2.24) is 0 Å². The van der Waals surface area contributed by atoms with E-state index in [9.17, 15) is 4.79 Å². The molecule has 1 atom stereocenters. The zero-order valence-corrected chi connectivity index (χ0v) is 11.1. The van der Waals surface area contributed by atoms with Gasteiger partial charge in [-0.1, -0.05) is 0 Å². The number of hydrogen-bond acceptors (Lipinski definition) is 3. The van der Waals surface area contributed by atoms with Gasteiger partial charge in [0, 0.05) is 24.3 Å². The van der Waals surface area contributed by atoms with Gasteiger partial charge >= 0.3 is 0 Å². The molecule has 2 rings (SSSR count). The van der Waals surface area contributed by atoms with E-state index in [0.717, 1.165) is 37.5 Å². The van der Waals surface area contributed by atoms with Crippen LogP contribution in [0.4, 0.5) is 5.69 Å². The van der Waals surface area contributed by atoms with Crippen LogP contribution in [0.15, 0.2) is 24.3 Å². The third kappa shape index (κ3) is 3.10. The Labute approximate surface area is 109 Å². The molecular formula is C15H22N2O. The summed E-state index contributed by atoms with van der Waals surface area (Å²) >= 11 is 0. The maximum atomic E-state index is 11.2. The summed E-state index contributed by atoms with van der Waals surface area (Å²) in [5.74, 6) is 0.845. The highest BCUT2D eigenvalue weighted by molar-refractivity contribution is 5.94. The van der Waals surface area contributed by atoms with Crippen molar-refractivity contribution in [3.05, 3.63) is 29.8 Å². The second kappa shape index (κ2) is 6.01. The van der Waals surface area contributed by atoms with Crippen molar-refractivity contribution in [2.45, 2.75) is 26.2 Å². The van der Waals surface area contributed by atoms with Crippen LogP contribution in [0.25, 0.3) is 0 Å². The van der Waals surface area contributed by atoms with Crippen molar-refractivity contribution < 1.29 is 4.79 Å². The zero-order valence-electron chi connectivity index (χ0n) is 11.1. The first-order valence-corrected chi connectivity index (χ1v) is 6.76. The number of ketones is 1. The molecule has 0 aliphatic carbocycles. The topological polar surface area (TPSA) is 46.3 Å². The number of piperidine rings is 1. The summed E-state index contributed by atoms with van der Waals surface area (Å²) in [6, 6.07) is 7.96. The summed E-state index contributed by atoms with van der Waals surface area (Å²) < 4.78 is 0. The van der Waals surface area contributed by atoms with Gasteiger partial charge < -0.3 is 10.6 Å². The molecule has 1 saturated heterocycles. The highest BCUT2D eigenvalue weighted by atomic mass is 16.1. The molecular weight excluding hydrogens is 224 g/mol. The molecule has 0 amide bonds. The van der Waals surface area contributed by atoms with Crippen LogP contribution in [0.3, 0.4) is 0 Å². The number of hydrogen-bond donors (Lipinski definition) is 1. The first-order valence-electron chi connectivity index (χ1n) is 6.76. The second-order valence-electron chi connectivity index (χ2n) is 5.13. The lowest BCUT2D eigenvalue weighted by Gasteiger charge is -2.34. The van der Waals surface area contributed by atoms with Crippen molar-refractivity contribution in [3.63, 3.8) is 0 Å². The molecule has 0 bridgehead atoms. The number of rotatable bonds is 4. The lowest BCUT2D eigenvalue weighted by atomic mass is 9.94. The van der Waals surface area contributed by atoms with E-state index in [-0.39, 0.29) is 5.78 Å². The van der Waals surface area contributed by atoms with Crippen LogP contribution in [0.2, 0.25) is 0 Å². The van der Waals surface area contributed by atoms with E-state index < -0.39 is 0 Å². The molecule has 2 N–H and O–H groups in total. The average Bonchev–Trinajstić information content (AvgIpc) is 2.39. The predicted molar refractivity (Wildman–Crippen MR) is 75.1 cm³/mol. The number of carbonyl (C=O) groups excluding carboxylic acids is 1. The SMILES string of the molecule is CC(=O)c1ccc(N2CCCC(CCN)C2)cc1. The highest BCUT2D eigenvalue weighted by Crippen LogP contribution is 2.25. The monoisotopic (exact) mass is 246 g/mol. The molecule has 0 saturated carbocycles. The van der Waals surface area contributed by atoms with E-state index in [1.807, 2.05) is 12.1 Å². The van der Waals surface area contributed by atoms with Crippen LogP contribution >= 0.6 is 0 Å². The Morgan fingerprint density at radius 3 is 2.72 bits per heavy atom. The predicted octanol–water partition coefficient (Wildman–Crippen LogP) is 2.45. The van der Waals surface area contributed by atoms with E-state index in [0.29, 0.717) is 0 Å². The van der Waals surface area contributed by atoms with E-state index >= 15 is 0 Å². The van der Waals surface area contributed by atoms with Gasteiger partial charge in [0.05, 0.1) is 0 Å². The standard InChI is InChI=1S/C15H22N2O/c1-12(18)14-4-6-15(7-5-14)17-10-2-3-13(11-17)8-9-16/h4-7,13H,2-3,8-11,16H2,1H3. The molecule has 1 aliphatic heterocycles. The van der Waals surface area contributed by atoms with Crippen LogP contribution < -0.4 is 10.6 Å². The van der Waals surface area contributed by atoms with Crippen LogP contribution in [-0.2, 0) is 0 Å². The van der Waals surface area contributed by atoms with Crippen LogP contribution in [0.1, 0.15) is 36.5 Å².